The fourth-order valence-electron chi connectivity index (χ4n) is 1.13. The summed E-state index contributed by atoms with van der Waals surface area (Å²) in [6.45, 7) is 2.00. The SMILES string of the molecule is CSCC(=O)Nc1c(Br)cc(C)cc1Br. The van der Waals surface area contributed by atoms with Gasteiger partial charge in [0, 0.05) is 8.95 Å². The Bertz CT molecular complexity index is 359. The van der Waals surface area contributed by atoms with Crippen molar-refractivity contribution in [1.82, 2.24) is 0 Å². The molecule has 2 nitrogen and oxygen atoms in total. The van der Waals surface area contributed by atoms with Gasteiger partial charge >= 0.3 is 0 Å². The second-order valence-corrected chi connectivity index (χ2v) is 5.66. The third kappa shape index (κ3) is 3.81. The van der Waals surface area contributed by atoms with E-state index in [1.807, 2.05) is 25.3 Å². The average Bonchev–Trinajstić information content (AvgIpc) is 2.11. The van der Waals surface area contributed by atoms with E-state index in [9.17, 15) is 4.79 Å². The number of carbonyl (C=O) groups is 1. The third-order valence-electron chi connectivity index (χ3n) is 1.73. The molecule has 1 rings (SSSR count). The Hall–Kier alpha value is -0.000000000000000111. The van der Waals surface area contributed by atoms with Gasteiger partial charge in [-0.1, -0.05) is 0 Å². The van der Waals surface area contributed by atoms with Gasteiger partial charge in [0.2, 0.25) is 5.91 Å². The van der Waals surface area contributed by atoms with Gasteiger partial charge in [0.25, 0.3) is 0 Å². The first-order valence-electron chi connectivity index (χ1n) is 4.29. The fraction of sp³-hybridized carbons (Fsp3) is 0.300. The molecule has 0 aliphatic heterocycles. The summed E-state index contributed by atoms with van der Waals surface area (Å²) < 4.78 is 1.78. The topological polar surface area (TPSA) is 29.1 Å². The normalized spacial score (nSPS) is 10.1. The van der Waals surface area contributed by atoms with E-state index in [0.717, 1.165) is 20.2 Å². The van der Waals surface area contributed by atoms with Crippen LogP contribution in [0.25, 0.3) is 0 Å². The van der Waals surface area contributed by atoms with Gasteiger partial charge in [0.15, 0.2) is 0 Å². The first-order chi connectivity index (χ1) is 7.04. The number of hydrogen-bond acceptors (Lipinski definition) is 2. The summed E-state index contributed by atoms with van der Waals surface area (Å²) in [5.74, 6) is 0.472. The number of benzene rings is 1. The molecular weight excluding hydrogens is 342 g/mol. The smallest absolute Gasteiger partial charge is 0.234 e. The zero-order chi connectivity index (χ0) is 11.4. The van der Waals surface area contributed by atoms with Crippen molar-refractivity contribution >= 4 is 55.2 Å². The van der Waals surface area contributed by atoms with Crippen molar-refractivity contribution in [3.05, 3.63) is 26.6 Å². The van der Waals surface area contributed by atoms with Crippen LogP contribution >= 0.6 is 43.6 Å². The quantitative estimate of drug-likeness (QED) is 0.895. The minimum atomic E-state index is 0.00718. The van der Waals surface area contributed by atoms with Crippen LogP contribution in [0.3, 0.4) is 0 Å². The van der Waals surface area contributed by atoms with Gasteiger partial charge in [-0.05, 0) is 62.7 Å². The molecule has 0 saturated carbocycles. The minimum absolute atomic E-state index is 0.00718. The zero-order valence-electron chi connectivity index (χ0n) is 8.43. The van der Waals surface area contributed by atoms with Crippen LogP contribution < -0.4 is 5.32 Å². The largest absolute Gasteiger partial charge is 0.323 e. The standard InChI is InChI=1S/C10H11Br2NOS/c1-6-3-7(11)10(8(12)4-6)13-9(14)5-15-2/h3-4H,5H2,1-2H3,(H,13,14). The lowest BCUT2D eigenvalue weighted by molar-refractivity contribution is -0.113. The molecule has 0 bridgehead atoms. The molecule has 0 atom stereocenters. The lowest BCUT2D eigenvalue weighted by Gasteiger charge is -2.10. The van der Waals surface area contributed by atoms with Gasteiger partial charge in [-0.15, -0.1) is 0 Å². The van der Waals surface area contributed by atoms with E-state index in [1.165, 1.54) is 11.8 Å². The maximum Gasteiger partial charge on any atom is 0.234 e. The minimum Gasteiger partial charge on any atom is -0.323 e. The second kappa shape index (κ2) is 5.92. The Kier molecular flexibility index (Phi) is 5.15. The van der Waals surface area contributed by atoms with E-state index in [0.29, 0.717) is 5.75 Å². The Morgan fingerprint density at radius 1 is 1.40 bits per heavy atom. The van der Waals surface area contributed by atoms with E-state index in [1.54, 1.807) is 0 Å². The van der Waals surface area contributed by atoms with Crippen LogP contribution in [0.2, 0.25) is 0 Å². The van der Waals surface area contributed by atoms with Crippen molar-refractivity contribution < 1.29 is 4.79 Å². The number of carbonyl (C=O) groups excluding carboxylic acids is 1. The maximum atomic E-state index is 11.4. The molecule has 5 heteroatoms. The average molecular weight is 353 g/mol. The summed E-state index contributed by atoms with van der Waals surface area (Å²) in [7, 11) is 0. The molecule has 82 valence electrons. The van der Waals surface area contributed by atoms with Crippen molar-refractivity contribution in [2.45, 2.75) is 6.92 Å². The van der Waals surface area contributed by atoms with Gasteiger partial charge < -0.3 is 5.32 Å². The van der Waals surface area contributed by atoms with Gasteiger partial charge in [-0.25, -0.2) is 0 Å². The summed E-state index contributed by atoms with van der Waals surface area (Å²) in [5, 5.41) is 2.85. The maximum absolute atomic E-state index is 11.4. The molecule has 1 amide bonds. The van der Waals surface area contributed by atoms with E-state index in [-0.39, 0.29) is 5.91 Å². The van der Waals surface area contributed by atoms with Gasteiger partial charge in [0.1, 0.15) is 0 Å². The van der Waals surface area contributed by atoms with E-state index in [2.05, 4.69) is 37.2 Å². The first-order valence-corrected chi connectivity index (χ1v) is 7.27. The number of thioether (sulfide) groups is 1. The fourth-order valence-corrected chi connectivity index (χ4v) is 3.07. The third-order valence-corrected chi connectivity index (χ3v) is 3.53. The Balaban J connectivity index is 2.90. The molecule has 0 unspecified atom stereocenters. The molecular formula is C10H11Br2NOS. The molecule has 0 radical (unpaired) electrons. The van der Waals surface area contributed by atoms with E-state index < -0.39 is 0 Å². The van der Waals surface area contributed by atoms with Crippen LogP contribution in [0.15, 0.2) is 21.1 Å². The molecule has 1 aromatic rings. The number of halogens is 2. The lowest BCUT2D eigenvalue weighted by atomic mass is 10.2. The lowest BCUT2D eigenvalue weighted by Crippen LogP contribution is -2.14. The van der Waals surface area contributed by atoms with Crippen LogP contribution in [0, 0.1) is 6.92 Å². The molecule has 0 aliphatic rings. The van der Waals surface area contributed by atoms with Crippen molar-refractivity contribution in [1.29, 1.82) is 0 Å². The molecule has 0 heterocycles. The molecule has 15 heavy (non-hydrogen) atoms. The van der Waals surface area contributed by atoms with Gasteiger partial charge in [-0.2, -0.15) is 11.8 Å². The van der Waals surface area contributed by atoms with Crippen LogP contribution in [0.4, 0.5) is 5.69 Å². The van der Waals surface area contributed by atoms with Crippen molar-refractivity contribution in [2.24, 2.45) is 0 Å². The number of hydrogen-bond donors (Lipinski definition) is 1. The van der Waals surface area contributed by atoms with Crippen molar-refractivity contribution in [3.63, 3.8) is 0 Å². The summed E-state index contributed by atoms with van der Waals surface area (Å²) in [5.41, 5.74) is 1.93. The highest BCUT2D eigenvalue weighted by Crippen LogP contribution is 2.32. The summed E-state index contributed by atoms with van der Waals surface area (Å²) in [6.07, 6.45) is 1.90. The van der Waals surface area contributed by atoms with Crippen LogP contribution in [0.5, 0.6) is 0 Å². The number of anilines is 1. The monoisotopic (exact) mass is 351 g/mol. The van der Waals surface area contributed by atoms with E-state index >= 15 is 0 Å². The Morgan fingerprint density at radius 2 is 1.93 bits per heavy atom. The van der Waals surface area contributed by atoms with Crippen LogP contribution in [-0.2, 0) is 4.79 Å². The van der Waals surface area contributed by atoms with Crippen molar-refractivity contribution in [2.75, 3.05) is 17.3 Å². The van der Waals surface area contributed by atoms with E-state index in [4.69, 9.17) is 0 Å². The highest BCUT2D eigenvalue weighted by atomic mass is 79.9. The highest BCUT2D eigenvalue weighted by Gasteiger charge is 2.09. The molecule has 0 fully saturated rings. The number of amides is 1. The Labute approximate surface area is 110 Å². The van der Waals surface area contributed by atoms with Crippen LogP contribution in [-0.4, -0.2) is 17.9 Å². The molecule has 1 aromatic carbocycles. The zero-order valence-corrected chi connectivity index (χ0v) is 12.4. The number of aryl methyl sites for hydroxylation is 1. The molecule has 0 saturated heterocycles. The predicted molar refractivity (Wildman–Crippen MR) is 73.6 cm³/mol. The Morgan fingerprint density at radius 3 is 2.40 bits per heavy atom. The molecule has 1 N–H and O–H groups in total. The van der Waals surface area contributed by atoms with Gasteiger partial charge in [-0.3, -0.25) is 4.79 Å². The molecule has 0 aromatic heterocycles. The summed E-state index contributed by atoms with van der Waals surface area (Å²) >= 11 is 8.35. The predicted octanol–water partition coefficient (Wildman–Crippen LogP) is 3.82. The molecule has 0 spiro atoms. The van der Waals surface area contributed by atoms with Crippen LogP contribution in [0.1, 0.15) is 5.56 Å². The summed E-state index contributed by atoms with van der Waals surface area (Å²) in [4.78, 5) is 11.4. The number of rotatable bonds is 3. The second-order valence-electron chi connectivity index (χ2n) is 3.08. The van der Waals surface area contributed by atoms with Crippen molar-refractivity contribution in [3.8, 4) is 0 Å². The molecule has 0 aliphatic carbocycles. The van der Waals surface area contributed by atoms with Gasteiger partial charge in [0.05, 0.1) is 11.4 Å². The number of nitrogens with one attached hydrogen (secondary N) is 1. The summed E-state index contributed by atoms with van der Waals surface area (Å²) in [6, 6.07) is 3.94. The highest BCUT2D eigenvalue weighted by molar-refractivity contribution is 9.11. The first kappa shape index (κ1) is 13.1.